The molecule has 0 aliphatic carbocycles. The lowest BCUT2D eigenvalue weighted by Gasteiger charge is -2.27. The zero-order chi connectivity index (χ0) is 26.0. The van der Waals surface area contributed by atoms with E-state index in [1.54, 1.807) is 0 Å². The van der Waals surface area contributed by atoms with Gasteiger partial charge in [-0.1, -0.05) is 13.3 Å². The van der Waals surface area contributed by atoms with Gasteiger partial charge in [0.15, 0.2) is 17.4 Å². The predicted molar refractivity (Wildman–Crippen MR) is 124 cm³/mol. The lowest BCUT2D eigenvalue weighted by Crippen LogP contribution is -2.44. The second-order valence-corrected chi connectivity index (χ2v) is 10.3. The molecular formula is C19H32N7O8P. The summed E-state index contributed by atoms with van der Waals surface area (Å²) < 4.78 is 31.2. The van der Waals surface area contributed by atoms with Gasteiger partial charge in [-0.15, -0.1) is 0 Å². The summed E-state index contributed by atoms with van der Waals surface area (Å²) >= 11 is 0. The molecule has 3 rings (SSSR count). The van der Waals surface area contributed by atoms with Crippen LogP contribution in [0.25, 0.3) is 11.2 Å². The number of fused-ring (bicyclic) bond motifs is 1. The fraction of sp³-hybridized carbons (Fsp3) is 0.684. The molecule has 16 heteroatoms. The van der Waals surface area contributed by atoms with E-state index in [9.17, 15) is 24.7 Å². The van der Waals surface area contributed by atoms with Crippen molar-refractivity contribution in [3.05, 3.63) is 6.33 Å². The molecule has 35 heavy (non-hydrogen) atoms. The number of imidazole rings is 1. The molecule has 0 bridgehead atoms. The molecule has 7 N–H and O–H groups in total. The van der Waals surface area contributed by atoms with Crippen LogP contribution in [0.2, 0.25) is 0 Å². The lowest BCUT2D eigenvalue weighted by atomic mass is 9.96. The van der Waals surface area contributed by atoms with E-state index in [-0.39, 0.29) is 23.0 Å². The summed E-state index contributed by atoms with van der Waals surface area (Å²) in [5, 5.41) is 36.2. The number of rotatable bonds is 12. The summed E-state index contributed by atoms with van der Waals surface area (Å²) in [7, 11) is -2.45. The number of unbranched alkanes of at least 4 members (excludes halogenated alkanes) is 1. The Labute approximate surface area is 201 Å². The van der Waals surface area contributed by atoms with E-state index in [1.165, 1.54) is 31.9 Å². The molecule has 0 aromatic carbocycles. The fourth-order valence-corrected chi connectivity index (χ4v) is 5.31. The Morgan fingerprint density at radius 3 is 2.80 bits per heavy atom. The van der Waals surface area contributed by atoms with Crippen molar-refractivity contribution in [1.82, 2.24) is 29.7 Å². The molecule has 2 aromatic rings. The van der Waals surface area contributed by atoms with Crippen molar-refractivity contribution in [2.45, 2.75) is 63.7 Å². The number of ether oxygens (including phenoxy) is 2. The number of carboxylic acids is 1. The van der Waals surface area contributed by atoms with Crippen molar-refractivity contribution in [3.63, 3.8) is 0 Å². The molecule has 2 aromatic heterocycles. The van der Waals surface area contributed by atoms with Crippen LogP contribution in [-0.2, 0) is 18.6 Å². The van der Waals surface area contributed by atoms with Crippen LogP contribution < -0.4 is 20.6 Å². The van der Waals surface area contributed by atoms with Gasteiger partial charge in [0.25, 0.3) is 0 Å². The van der Waals surface area contributed by atoms with Gasteiger partial charge < -0.3 is 35.1 Å². The number of hydrogen-bond donors (Lipinski definition) is 6. The number of aliphatic hydroxyl groups excluding tert-OH is 1. The molecule has 0 amide bonds. The van der Waals surface area contributed by atoms with Crippen LogP contribution in [0, 0.1) is 0 Å². The van der Waals surface area contributed by atoms with Crippen molar-refractivity contribution in [2.75, 3.05) is 26.0 Å². The normalized spacial score (nSPS) is 27.1. The molecule has 196 valence electrons. The first-order valence-corrected chi connectivity index (χ1v) is 12.7. The summed E-state index contributed by atoms with van der Waals surface area (Å²) in [6, 6.07) is -1.17. The number of carboxylic acid groups (broad SMARTS) is 1. The van der Waals surface area contributed by atoms with Gasteiger partial charge in [-0.2, -0.15) is 9.97 Å². The number of nitrogen functional groups attached to an aromatic ring is 1. The first-order chi connectivity index (χ1) is 16.4. The van der Waals surface area contributed by atoms with Crippen molar-refractivity contribution in [3.8, 4) is 5.88 Å². The molecule has 1 saturated heterocycles. The van der Waals surface area contributed by atoms with Crippen LogP contribution in [0.5, 0.6) is 5.88 Å². The van der Waals surface area contributed by atoms with E-state index < -0.39 is 50.3 Å². The average Bonchev–Trinajstić information content (AvgIpc) is 3.30. The van der Waals surface area contributed by atoms with Gasteiger partial charge in [0.2, 0.25) is 11.8 Å². The van der Waals surface area contributed by atoms with Crippen LogP contribution in [0.1, 0.15) is 39.8 Å². The molecule has 1 fully saturated rings. The smallest absolute Gasteiger partial charge is 0.341 e. The van der Waals surface area contributed by atoms with Gasteiger partial charge in [-0.3, -0.25) is 13.9 Å². The molecule has 3 heterocycles. The minimum atomic E-state index is -3.84. The van der Waals surface area contributed by atoms with Crippen LogP contribution in [0.15, 0.2) is 6.33 Å². The van der Waals surface area contributed by atoms with Crippen molar-refractivity contribution in [1.29, 1.82) is 0 Å². The standard InChI is InChI=1S/C19H32N7O8P/c1-5-6-7-22-35(31,25-10(2)16(28)29)33-8-11-13(27)19(3,30)17(34-11)26-9-21-12-14(26)23-18(20)24-15(12)32-4/h9-11,13,17,27,30H,5-8H2,1-4H3,(H,28,29)(H2,20,23,24)(H2,22,25,31)/t10?,11-,13-,17-,19-,35?/m1/s1. The Bertz CT molecular complexity index is 1100. The van der Waals surface area contributed by atoms with Gasteiger partial charge in [-0.25, -0.2) is 15.2 Å². The van der Waals surface area contributed by atoms with E-state index in [1.807, 2.05) is 6.92 Å². The second-order valence-electron chi connectivity index (χ2n) is 8.41. The largest absolute Gasteiger partial charge is 0.480 e. The van der Waals surface area contributed by atoms with Crippen LogP contribution in [0.3, 0.4) is 0 Å². The van der Waals surface area contributed by atoms with E-state index in [0.29, 0.717) is 13.0 Å². The van der Waals surface area contributed by atoms with Crippen LogP contribution in [0.4, 0.5) is 5.95 Å². The zero-order valence-corrected chi connectivity index (χ0v) is 20.8. The number of hydrogen-bond acceptors (Lipinski definition) is 11. The lowest BCUT2D eigenvalue weighted by molar-refractivity contribution is -0.138. The van der Waals surface area contributed by atoms with Crippen LogP contribution >= 0.6 is 7.67 Å². The molecule has 6 atom stereocenters. The molecule has 2 unspecified atom stereocenters. The summed E-state index contributed by atoms with van der Waals surface area (Å²) in [6.07, 6.45) is -0.937. The van der Waals surface area contributed by atoms with Gasteiger partial charge in [-0.05, 0) is 20.3 Å². The highest BCUT2D eigenvalue weighted by Gasteiger charge is 2.54. The summed E-state index contributed by atoms with van der Waals surface area (Å²) in [5.41, 5.74) is 4.39. The number of carbonyl (C=O) groups is 1. The molecule has 0 radical (unpaired) electrons. The molecule has 1 aliphatic rings. The second kappa shape index (κ2) is 10.7. The van der Waals surface area contributed by atoms with E-state index in [0.717, 1.165) is 6.42 Å². The number of anilines is 1. The minimum absolute atomic E-state index is 0.0908. The van der Waals surface area contributed by atoms with Gasteiger partial charge in [0.05, 0.1) is 20.0 Å². The van der Waals surface area contributed by atoms with E-state index >= 15 is 0 Å². The first-order valence-electron chi connectivity index (χ1n) is 11.0. The van der Waals surface area contributed by atoms with Crippen molar-refractivity contribution >= 4 is 30.8 Å². The maximum atomic E-state index is 13.3. The number of methoxy groups -OCH3 is 1. The Morgan fingerprint density at radius 1 is 1.46 bits per heavy atom. The Hall–Kier alpha value is -2.39. The highest BCUT2D eigenvalue weighted by atomic mass is 31.2. The number of nitrogens with two attached hydrogens (primary N) is 1. The minimum Gasteiger partial charge on any atom is -0.480 e. The Balaban J connectivity index is 1.82. The van der Waals surface area contributed by atoms with E-state index in [4.69, 9.17) is 19.7 Å². The third-order valence-corrected chi connectivity index (χ3v) is 7.49. The van der Waals surface area contributed by atoms with E-state index in [2.05, 4.69) is 25.1 Å². The zero-order valence-electron chi connectivity index (χ0n) is 19.9. The maximum absolute atomic E-state index is 13.3. The third kappa shape index (κ3) is 5.72. The fourth-order valence-electron chi connectivity index (χ4n) is 3.62. The van der Waals surface area contributed by atoms with Gasteiger partial charge in [0.1, 0.15) is 23.9 Å². The predicted octanol–water partition coefficient (Wildman–Crippen LogP) is 0.00350. The SMILES string of the molecule is CCCCNP(=O)(NC(C)C(=O)O)OC[C@H]1O[C@@H](n2cnc3c(OC)nc(N)nc32)[C@](C)(O)[C@@H]1O. The summed E-state index contributed by atoms with van der Waals surface area (Å²) in [4.78, 5) is 23.6. The molecule has 0 spiro atoms. The van der Waals surface area contributed by atoms with Crippen molar-refractivity contribution < 1.29 is 38.7 Å². The van der Waals surface area contributed by atoms with Gasteiger partial charge >= 0.3 is 13.6 Å². The Morgan fingerprint density at radius 2 is 2.17 bits per heavy atom. The molecule has 15 nitrogen and oxygen atoms in total. The first kappa shape index (κ1) is 27.2. The summed E-state index contributed by atoms with van der Waals surface area (Å²) in [6.45, 7) is 4.52. The Kier molecular flexibility index (Phi) is 8.32. The molecular weight excluding hydrogens is 485 g/mol. The average molecular weight is 517 g/mol. The number of aliphatic hydroxyl groups is 2. The number of aliphatic carboxylic acids is 1. The summed E-state index contributed by atoms with van der Waals surface area (Å²) in [5.74, 6) is -1.18. The molecule has 0 saturated carbocycles. The number of aromatic nitrogens is 4. The quantitative estimate of drug-likeness (QED) is 0.161. The van der Waals surface area contributed by atoms with Crippen molar-refractivity contribution in [2.24, 2.45) is 0 Å². The number of nitrogens with one attached hydrogen (secondary N) is 2. The topological polar surface area (TPSA) is 216 Å². The third-order valence-electron chi connectivity index (χ3n) is 5.61. The maximum Gasteiger partial charge on any atom is 0.341 e. The molecule has 1 aliphatic heterocycles. The number of nitrogens with zero attached hydrogens (tertiary/aromatic N) is 4. The highest BCUT2D eigenvalue weighted by molar-refractivity contribution is 7.54. The highest BCUT2D eigenvalue weighted by Crippen LogP contribution is 2.43. The van der Waals surface area contributed by atoms with Gasteiger partial charge in [0, 0.05) is 6.54 Å². The monoisotopic (exact) mass is 517 g/mol. The van der Waals surface area contributed by atoms with Crippen LogP contribution in [-0.4, -0.2) is 84.9 Å².